The van der Waals surface area contributed by atoms with Gasteiger partial charge in [0.15, 0.2) is 0 Å². The van der Waals surface area contributed by atoms with E-state index in [-0.39, 0.29) is 0 Å². The molecule has 3 nitrogen and oxygen atoms in total. The highest BCUT2D eigenvalue weighted by molar-refractivity contribution is 5.47. The Hall–Kier alpha value is -1.06. The van der Waals surface area contributed by atoms with Crippen LogP contribution in [0.2, 0.25) is 0 Å². The van der Waals surface area contributed by atoms with Gasteiger partial charge < -0.3 is 15.0 Å². The van der Waals surface area contributed by atoms with Crippen LogP contribution in [0.25, 0.3) is 0 Å². The summed E-state index contributed by atoms with van der Waals surface area (Å²) in [5, 5.41) is 3.62. The van der Waals surface area contributed by atoms with Gasteiger partial charge in [-0.2, -0.15) is 0 Å². The van der Waals surface area contributed by atoms with E-state index < -0.39 is 0 Å². The molecular weight excluding hydrogens is 248 g/mol. The molecule has 1 aromatic carbocycles. The molecule has 0 unspecified atom stereocenters. The molecule has 2 fully saturated rings. The molecule has 2 atom stereocenters. The van der Waals surface area contributed by atoms with Crippen LogP contribution in [0.1, 0.15) is 31.7 Å². The average molecular weight is 274 g/mol. The molecule has 110 valence electrons. The Morgan fingerprint density at radius 1 is 1.30 bits per heavy atom. The Labute approximate surface area is 122 Å². The molecule has 3 heteroatoms. The highest BCUT2D eigenvalue weighted by Crippen LogP contribution is 2.20. The van der Waals surface area contributed by atoms with Gasteiger partial charge in [0.2, 0.25) is 0 Å². The van der Waals surface area contributed by atoms with E-state index in [2.05, 4.69) is 41.4 Å². The predicted octanol–water partition coefficient (Wildman–Crippen LogP) is 2.91. The number of nitrogens with one attached hydrogen (secondary N) is 1. The number of anilines is 1. The van der Waals surface area contributed by atoms with Crippen LogP contribution in [-0.2, 0) is 11.2 Å². The zero-order valence-electron chi connectivity index (χ0n) is 12.5. The minimum absolute atomic E-state index is 0.322. The lowest BCUT2D eigenvalue weighted by atomic mass is 10.1. The summed E-state index contributed by atoms with van der Waals surface area (Å²) in [6, 6.07) is 9.35. The summed E-state index contributed by atoms with van der Waals surface area (Å²) >= 11 is 0. The molecule has 0 aliphatic carbocycles. The fraction of sp³-hybridized carbons (Fsp3) is 0.647. The van der Waals surface area contributed by atoms with E-state index in [1.54, 1.807) is 0 Å². The van der Waals surface area contributed by atoms with Crippen LogP contribution >= 0.6 is 0 Å². The predicted molar refractivity (Wildman–Crippen MR) is 83.3 cm³/mol. The largest absolute Gasteiger partial charge is 0.380 e. The van der Waals surface area contributed by atoms with Crippen molar-refractivity contribution >= 4 is 5.69 Å². The molecule has 2 saturated heterocycles. The van der Waals surface area contributed by atoms with E-state index in [1.807, 2.05) is 0 Å². The normalized spacial score (nSPS) is 27.1. The molecule has 1 aromatic rings. The monoisotopic (exact) mass is 274 g/mol. The summed E-state index contributed by atoms with van der Waals surface area (Å²) < 4.78 is 5.61. The quantitative estimate of drug-likeness (QED) is 0.893. The molecule has 0 bridgehead atoms. The minimum atomic E-state index is 0.322. The van der Waals surface area contributed by atoms with Crippen molar-refractivity contribution in [2.24, 2.45) is 0 Å². The SMILES string of the molecule is C[C@@H]1OCC[C@H]1Nc1cccc(CCN2CCCC2)c1. The van der Waals surface area contributed by atoms with Gasteiger partial charge >= 0.3 is 0 Å². The second-order valence-corrected chi connectivity index (χ2v) is 6.11. The fourth-order valence-electron chi connectivity index (χ4n) is 3.25. The lowest BCUT2D eigenvalue weighted by Crippen LogP contribution is -2.26. The second kappa shape index (κ2) is 6.59. The van der Waals surface area contributed by atoms with Crippen molar-refractivity contribution in [3.8, 4) is 0 Å². The molecule has 0 saturated carbocycles. The number of benzene rings is 1. The van der Waals surface area contributed by atoms with Crippen molar-refractivity contribution in [3.63, 3.8) is 0 Å². The molecule has 20 heavy (non-hydrogen) atoms. The van der Waals surface area contributed by atoms with Gasteiger partial charge in [0.05, 0.1) is 12.1 Å². The van der Waals surface area contributed by atoms with Crippen LogP contribution in [0.15, 0.2) is 24.3 Å². The van der Waals surface area contributed by atoms with Gasteiger partial charge in [0.25, 0.3) is 0 Å². The van der Waals surface area contributed by atoms with Crippen molar-refractivity contribution in [3.05, 3.63) is 29.8 Å². The summed E-state index contributed by atoms with van der Waals surface area (Å²) in [5.74, 6) is 0. The van der Waals surface area contributed by atoms with Gasteiger partial charge in [0.1, 0.15) is 0 Å². The minimum Gasteiger partial charge on any atom is -0.380 e. The van der Waals surface area contributed by atoms with Crippen LogP contribution in [0.4, 0.5) is 5.69 Å². The summed E-state index contributed by atoms with van der Waals surface area (Å²) in [6.07, 6.45) is 5.34. The number of likely N-dealkylation sites (tertiary alicyclic amines) is 1. The first-order valence-electron chi connectivity index (χ1n) is 8.01. The number of hydrogen-bond donors (Lipinski definition) is 1. The Morgan fingerprint density at radius 3 is 2.90 bits per heavy atom. The Bertz CT molecular complexity index is 429. The average Bonchev–Trinajstić information content (AvgIpc) is 3.10. The van der Waals surface area contributed by atoms with Crippen molar-refractivity contribution in [2.45, 2.75) is 44.8 Å². The van der Waals surface area contributed by atoms with Crippen molar-refractivity contribution < 1.29 is 4.74 Å². The summed E-state index contributed by atoms with van der Waals surface area (Å²) in [7, 11) is 0. The molecule has 0 radical (unpaired) electrons. The lowest BCUT2D eigenvalue weighted by Gasteiger charge is -2.18. The maximum Gasteiger partial charge on any atom is 0.0748 e. The zero-order chi connectivity index (χ0) is 13.8. The van der Waals surface area contributed by atoms with Crippen molar-refractivity contribution in [2.75, 3.05) is 31.6 Å². The molecule has 3 rings (SSSR count). The first kappa shape index (κ1) is 13.9. The Morgan fingerprint density at radius 2 is 2.15 bits per heavy atom. The highest BCUT2D eigenvalue weighted by atomic mass is 16.5. The van der Waals surface area contributed by atoms with E-state index in [0.29, 0.717) is 12.1 Å². The first-order valence-corrected chi connectivity index (χ1v) is 8.01. The second-order valence-electron chi connectivity index (χ2n) is 6.11. The number of hydrogen-bond acceptors (Lipinski definition) is 3. The van der Waals surface area contributed by atoms with Crippen molar-refractivity contribution in [1.29, 1.82) is 0 Å². The smallest absolute Gasteiger partial charge is 0.0748 e. The molecule has 1 N–H and O–H groups in total. The summed E-state index contributed by atoms with van der Waals surface area (Å²) in [4.78, 5) is 2.58. The van der Waals surface area contributed by atoms with E-state index in [1.165, 1.54) is 43.7 Å². The van der Waals surface area contributed by atoms with E-state index in [4.69, 9.17) is 4.74 Å². The Balaban J connectivity index is 1.54. The van der Waals surface area contributed by atoms with E-state index in [0.717, 1.165) is 19.4 Å². The van der Waals surface area contributed by atoms with Gasteiger partial charge in [-0.05, 0) is 63.4 Å². The highest BCUT2D eigenvalue weighted by Gasteiger charge is 2.23. The molecule has 2 aliphatic heterocycles. The topological polar surface area (TPSA) is 24.5 Å². The Kier molecular flexibility index (Phi) is 4.58. The standard InChI is InChI=1S/C17H26N2O/c1-14-17(8-12-20-14)18-16-6-4-5-15(13-16)7-11-19-9-2-3-10-19/h4-6,13-14,17-18H,2-3,7-12H2,1H3/t14-,17+/m0/s1. The number of ether oxygens (including phenoxy) is 1. The third kappa shape index (κ3) is 3.53. The van der Waals surface area contributed by atoms with Crippen LogP contribution in [0.3, 0.4) is 0 Å². The molecule has 2 aliphatic rings. The van der Waals surface area contributed by atoms with Gasteiger partial charge in [-0.3, -0.25) is 0 Å². The van der Waals surface area contributed by atoms with Crippen LogP contribution in [-0.4, -0.2) is 43.3 Å². The molecule has 0 amide bonds. The molecule has 0 aromatic heterocycles. The summed E-state index contributed by atoms with van der Waals surface area (Å²) in [5.41, 5.74) is 2.68. The van der Waals surface area contributed by atoms with E-state index in [9.17, 15) is 0 Å². The molecular formula is C17H26N2O. The van der Waals surface area contributed by atoms with E-state index >= 15 is 0 Å². The fourth-order valence-corrected chi connectivity index (χ4v) is 3.25. The van der Waals surface area contributed by atoms with Crippen LogP contribution in [0.5, 0.6) is 0 Å². The lowest BCUT2D eigenvalue weighted by molar-refractivity contribution is 0.121. The summed E-state index contributed by atoms with van der Waals surface area (Å²) in [6.45, 7) is 6.81. The van der Waals surface area contributed by atoms with Crippen LogP contribution < -0.4 is 5.32 Å². The third-order valence-corrected chi connectivity index (χ3v) is 4.57. The maximum absolute atomic E-state index is 5.61. The number of rotatable bonds is 5. The van der Waals surface area contributed by atoms with Gasteiger partial charge in [-0.15, -0.1) is 0 Å². The van der Waals surface area contributed by atoms with Crippen molar-refractivity contribution in [1.82, 2.24) is 4.90 Å². The molecule has 0 spiro atoms. The first-order chi connectivity index (χ1) is 9.81. The molecule has 2 heterocycles. The van der Waals surface area contributed by atoms with Gasteiger partial charge in [-0.25, -0.2) is 0 Å². The number of nitrogens with zero attached hydrogens (tertiary/aromatic N) is 1. The third-order valence-electron chi connectivity index (χ3n) is 4.57. The maximum atomic E-state index is 5.61. The van der Waals surface area contributed by atoms with Gasteiger partial charge in [0, 0.05) is 18.8 Å². The van der Waals surface area contributed by atoms with Gasteiger partial charge in [-0.1, -0.05) is 12.1 Å². The van der Waals surface area contributed by atoms with Crippen LogP contribution in [0, 0.1) is 0 Å². The zero-order valence-corrected chi connectivity index (χ0v) is 12.5.